The lowest BCUT2D eigenvalue weighted by Gasteiger charge is -2.06. The number of amides is 1. The van der Waals surface area contributed by atoms with Gasteiger partial charge in [0, 0.05) is 5.69 Å². The number of nitrogens with two attached hydrogens (primary N) is 2. The number of anilines is 1. The minimum Gasteiger partial charge on any atom is -0.497 e. The van der Waals surface area contributed by atoms with Crippen LogP contribution in [0, 0.1) is 0 Å². The zero-order valence-electron chi connectivity index (χ0n) is 11.5. The van der Waals surface area contributed by atoms with Gasteiger partial charge in [0.15, 0.2) is 11.7 Å². The first kappa shape index (κ1) is 14.4. The van der Waals surface area contributed by atoms with E-state index in [0.29, 0.717) is 5.76 Å². The van der Waals surface area contributed by atoms with Crippen LogP contribution in [0.2, 0.25) is 0 Å². The predicted octanol–water partition coefficient (Wildman–Crippen LogP) is 1.31. The van der Waals surface area contributed by atoms with E-state index in [4.69, 9.17) is 20.6 Å². The van der Waals surface area contributed by atoms with E-state index >= 15 is 0 Å². The molecule has 5 N–H and O–H groups in total. The van der Waals surface area contributed by atoms with Crippen LogP contribution in [-0.2, 0) is 6.54 Å². The number of benzene rings is 1. The second kappa shape index (κ2) is 6.47. The molecule has 0 unspecified atom stereocenters. The second-order valence-electron chi connectivity index (χ2n) is 4.19. The smallest absolute Gasteiger partial charge is 0.284 e. The number of primary amides is 1. The maximum atomic E-state index is 10.9. The zero-order valence-corrected chi connectivity index (χ0v) is 11.5. The first-order chi connectivity index (χ1) is 10.1. The Kier molecular flexibility index (Phi) is 4.45. The van der Waals surface area contributed by atoms with Crippen molar-refractivity contribution in [3.63, 3.8) is 0 Å². The average Bonchev–Trinajstić information content (AvgIpc) is 2.95. The number of carbonyl (C=O) groups excluding carboxylic acids is 1. The Morgan fingerprint density at radius 1 is 1.24 bits per heavy atom. The largest absolute Gasteiger partial charge is 0.497 e. The Balaban J connectivity index is 1.95. The summed E-state index contributed by atoms with van der Waals surface area (Å²) in [5.74, 6) is 0.975. The summed E-state index contributed by atoms with van der Waals surface area (Å²) in [7, 11) is 1.60. The van der Waals surface area contributed by atoms with Crippen molar-refractivity contribution in [2.24, 2.45) is 16.5 Å². The summed E-state index contributed by atoms with van der Waals surface area (Å²) in [5.41, 5.74) is 11.6. The minimum absolute atomic E-state index is 0.0990. The lowest BCUT2D eigenvalue weighted by molar-refractivity contribution is 0.0972. The van der Waals surface area contributed by atoms with Crippen molar-refractivity contribution in [1.29, 1.82) is 0 Å². The van der Waals surface area contributed by atoms with Crippen molar-refractivity contribution in [2.75, 3.05) is 12.4 Å². The quantitative estimate of drug-likeness (QED) is 0.566. The number of ether oxygens (including phenoxy) is 1. The predicted molar refractivity (Wildman–Crippen MR) is 79.2 cm³/mol. The van der Waals surface area contributed by atoms with Crippen LogP contribution >= 0.6 is 0 Å². The topological polar surface area (TPSA) is 116 Å². The molecule has 0 atom stereocenters. The maximum absolute atomic E-state index is 10.9. The third-order valence-electron chi connectivity index (χ3n) is 2.67. The fraction of sp³-hybridized carbons (Fsp3) is 0.143. The third-order valence-corrected chi connectivity index (χ3v) is 2.67. The Hall–Kier alpha value is -2.96. The number of hydrogen-bond donors (Lipinski definition) is 3. The Bertz CT molecular complexity index is 646. The van der Waals surface area contributed by atoms with Gasteiger partial charge in [0.25, 0.3) is 5.91 Å². The van der Waals surface area contributed by atoms with Crippen molar-refractivity contribution >= 4 is 17.6 Å². The molecule has 1 heterocycles. The molecule has 0 saturated heterocycles. The van der Waals surface area contributed by atoms with Gasteiger partial charge in [-0.3, -0.25) is 4.79 Å². The van der Waals surface area contributed by atoms with E-state index in [1.54, 1.807) is 25.3 Å². The van der Waals surface area contributed by atoms with Gasteiger partial charge in [-0.2, -0.15) is 0 Å². The van der Waals surface area contributed by atoms with Gasteiger partial charge in [-0.1, -0.05) is 0 Å². The molecule has 110 valence electrons. The Morgan fingerprint density at radius 3 is 2.52 bits per heavy atom. The highest BCUT2D eigenvalue weighted by Gasteiger charge is 2.06. The van der Waals surface area contributed by atoms with Gasteiger partial charge in [0.2, 0.25) is 0 Å². The summed E-state index contributed by atoms with van der Waals surface area (Å²) in [6, 6.07) is 10.4. The van der Waals surface area contributed by atoms with Gasteiger partial charge in [0.05, 0.1) is 7.11 Å². The number of guanidine groups is 1. The van der Waals surface area contributed by atoms with Gasteiger partial charge in [0.1, 0.15) is 18.1 Å². The van der Waals surface area contributed by atoms with Crippen LogP contribution in [0.5, 0.6) is 5.75 Å². The first-order valence-corrected chi connectivity index (χ1v) is 6.18. The molecule has 1 aromatic heterocycles. The van der Waals surface area contributed by atoms with Gasteiger partial charge in [-0.25, -0.2) is 4.99 Å². The normalized spacial score (nSPS) is 11.2. The van der Waals surface area contributed by atoms with Crippen molar-refractivity contribution < 1.29 is 13.9 Å². The van der Waals surface area contributed by atoms with Crippen LogP contribution in [0.1, 0.15) is 16.3 Å². The average molecular weight is 288 g/mol. The number of furan rings is 1. The van der Waals surface area contributed by atoms with E-state index in [1.165, 1.54) is 6.07 Å². The molecule has 2 rings (SSSR count). The van der Waals surface area contributed by atoms with Crippen LogP contribution in [0.4, 0.5) is 5.69 Å². The summed E-state index contributed by atoms with van der Waals surface area (Å²) in [6.45, 7) is 0.211. The van der Waals surface area contributed by atoms with Crippen LogP contribution in [0.15, 0.2) is 45.8 Å². The number of carbonyl (C=O) groups is 1. The van der Waals surface area contributed by atoms with Crippen molar-refractivity contribution in [1.82, 2.24) is 0 Å². The molecule has 1 amide bonds. The molecule has 0 aliphatic heterocycles. The fourth-order valence-corrected chi connectivity index (χ4v) is 1.62. The highest BCUT2D eigenvalue weighted by molar-refractivity contribution is 5.92. The molecule has 2 aromatic rings. The van der Waals surface area contributed by atoms with E-state index in [0.717, 1.165) is 11.4 Å². The Labute approximate surface area is 121 Å². The molecular weight excluding hydrogens is 272 g/mol. The number of methoxy groups -OCH3 is 1. The lowest BCUT2D eigenvalue weighted by Crippen LogP contribution is -2.22. The molecule has 0 aliphatic carbocycles. The van der Waals surface area contributed by atoms with Crippen LogP contribution in [-0.4, -0.2) is 19.0 Å². The number of nitrogens with one attached hydrogen (secondary N) is 1. The van der Waals surface area contributed by atoms with Crippen molar-refractivity contribution in [3.8, 4) is 5.75 Å². The number of nitrogens with zero attached hydrogens (tertiary/aromatic N) is 1. The molecule has 21 heavy (non-hydrogen) atoms. The molecule has 0 bridgehead atoms. The summed E-state index contributed by atoms with van der Waals surface area (Å²) >= 11 is 0. The standard InChI is InChI=1S/C14H16N4O3/c1-20-10-4-2-9(3-5-10)18-14(16)17-8-11-6-7-12(21-11)13(15)19/h2-7H,8H2,1H3,(H2,15,19)(H3,16,17,18). The Morgan fingerprint density at radius 2 is 1.95 bits per heavy atom. The molecule has 1 aromatic carbocycles. The van der Waals surface area contributed by atoms with E-state index < -0.39 is 5.91 Å². The van der Waals surface area contributed by atoms with Gasteiger partial charge in [-0.15, -0.1) is 0 Å². The number of hydrogen-bond acceptors (Lipinski definition) is 4. The monoisotopic (exact) mass is 288 g/mol. The molecule has 7 heteroatoms. The zero-order chi connectivity index (χ0) is 15.2. The molecule has 0 fully saturated rings. The highest BCUT2D eigenvalue weighted by Crippen LogP contribution is 2.14. The molecule has 0 aliphatic rings. The van der Waals surface area contributed by atoms with Gasteiger partial charge >= 0.3 is 0 Å². The summed E-state index contributed by atoms with van der Waals surface area (Å²) < 4.78 is 10.3. The van der Waals surface area contributed by atoms with E-state index in [1.807, 2.05) is 12.1 Å². The molecular formula is C14H16N4O3. The molecule has 0 spiro atoms. The van der Waals surface area contributed by atoms with Gasteiger partial charge < -0.3 is 25.9 Å². The van der Waals surface area contributed by atoms with Crippen molar-refractivity contribution in [2.45, 2.75) is 6.54 Å². The summed E-state index contributed by atoms with van der Waals surface area (Å²) in [4.78, 5) is 15.0. The van der Waals surface area contributed by atoms with E-state index in [-0.39, 0.29) is 18.3 Å². The molecule has 0 saturated carbocycles. The lowest BCUT2D eigenvalue weighted by atomic mass is 10.3. The van der Waals surface area contributed by atoms with Gasteiger partial charge in [-0.05, 0) is 36.4 Å². The maximum Gasteiger partial charge on any atom is 0.284 e. The molecule has 7 nitrogen and oxygen atoms in total. The summed E-state index contributed by atoms with van der Waals surface area (Å²) in [6.07, 6.45) is 0. The number of aliphatic imine (C=N–C) groups is 1. The fourth-order valence-electron chi connectivity index (χ4n) is 1.62. The van der Waals surface area contributed by atoms with Crippen LogP contribution in [0.25, 0.3) is 0 Å². The van der Waals surface area contributed by atoms with E-state index in [9.17, 15) is 4.79 Å². The van der Waals surface area contributed by atoms with E-state index in [2.05, 4.69) is 10.3 Å². The molecule has 0 radical (unpaired) electrons. The minimum atomic E-state index is -0.616. The third kappa shape index (κ3) is 4.00. The number of rotatable bonds is 5. The highest BCUT2D eigenvalue weighted by atomic mass is 16.5. The summed E-state index contributed by atoms with van der Waals surface area (Å²) in [5, 5.41) is 2.93. The second-order valence-corrected chi connectivity index (χ2v) is 4.19. The van der Waals surface area contributed by atoms with Crippen LogP contribution < -0.4 is 21.5 Å². The van der Waals surface area contributed by atoms with Crippen molar-refractivity contribution in [3.05, 3.63) is 47.9 Å². The van der Waals surface area contributed by atoms with Crippen LogP contribution in [0.3, 0.4) is 0 Å². The first-order valence-electron chi connectivity index (χ1n) is 6.18. The SMILES string of the molecule is COc1ccc(NC(N)=NCc2ccc(C(N)=O)o2)cc1.